The molecular weight excluding hydrogens is 428 g/mol. The minimum Gasteiger partial charge on any atom is -0.383 e. The molecule has 0 saturated heterocycles. The monoisotopic (exact) mass is 450 g/mol. The van der Waals surface area contributed by atoms with Crippen LogP contribution in [0.2, 0.25) is 0 Å². The van der Waals surface area contributed by atoms with Crippen LogP contribution in [0.3, 0.4) is 0 Å². The molecule has 0 radical (unpaired) electrons. The van der Waals surface area contributed by atoms with Crippen molar-refractivity contribution >= 4 is 34.7 Å². The molecule has 0 fully saturated rings. The summed E-state index contributed by atoms with van der Waals surface area (Å²) < 4.78 is 3.15. The Hall–Kier alpha value is -3.79. The molecule has 164 valence electrons. The zero-order chi connectivity index (χ0) is 22.7. The summed E-state index contributed by atoms with van der Waals surface area (Å²) in [5, 5.41) is 0.668. The first kappa shape index (κ1) is 21.4. The third-order valence-electron chi connectivity index (χ3n) is 5.01. The maximum atomic E-state index is 13.0. The minimum atomic E-state index is -0.691. The summed E-state index contributed by atoms with van der Waals surface area (Å²) in [5.74, 6) is -0.306. The summed E-state index contributed by atoms with van der Waals surface area (Å²) in [4.78, 5) is 46.0. The molecule has 0 spiro atoms. The molecule has 0 saturated carbocycles. The second kappa shape index (κ2) is 9.15. The first-order chi connectivity index (χ1) is 15.5. The highest BCUT2D eigenvalue weighted by molar-refractivity contribution is 7.99. The number of thioether (sulfide) groups is 1. The summed E-state index contributed by atoms with van der Waals surface area (Å²) in [6.45, 7) is 2.15. The molecule has 32 heavy (non-hydrogen) atoms. The van der Waals surface area contributed by atoms with Crippen molar-refractivity contribution in [3.63, 3.8) is 0 Å². The van der Waals surface area contributed by atoms with Crippen LogP contribution >= 0.6 is 11.8 Å². The zero-order valence-electron chi connectivity index (χ0n) is 17.4. The van der Waals surface area contributed by atoms with Gasteiger partial charge in [-0.05, 0) is 24.6 Å². The third kappa shape index (κ3) is 4.17. The zero-order valence-corrected chi connectivity index (χ0v) is 18.2. The molecule has 0 aliphatic heterocycles. The number of imidazole rings is 1. The van der Waals surface area contributed by atoms with E-state index in [0.717, 1.165) is 11.1 Å². The number of amides is 1. The average molecular weight is 451 g/mol. The Morgan fingerprint density at radius 2 is 1.91 bits per heavy atom. The Labute approximate surface area is 187 Å². The van der Waals surface area contributed by atoms with Gasteiger partial charge in [0.2, 0.25) is 5.91 Å². The average Bonchev–Trinajstić information content (AvgIpc) is 3.21. The Bertz CT molecular complexity index is 1380. The lowest BCUT2D eigenvalue weighted by molar-refractivity contribution is -0.116. The Balaban J connectivity index is 1.61. The van der Waals surface area contributed by atoms with Crippen molar-refractivity contribution < 1.29 is 4.79 Å². The van der Waals surface area contributed by atoms with Crippen molar-refractivity contribution in [2.45, 2.75) is 18.6 Å². The molecular formula is C22H22N6O3S. The highest BCUT2D eigenvalue weighted by atomic mass is 32.2. The number of nitrogens with zero attached hydrogens (tertiary/aromatic N) is 4. The predicted molar refractivity (Wildman–Crippen MR) is 125 cm³/mol. The quantitative estimate of drug-likeness (QED) is 0.416. The fourth-order valence-corrected chi connectivity index (χ4v) is 4.29. The van der Waals surface area contributed by atoms with E-state index in [1.54, 1.807) is 13.1 Å². The summed E-state index contributed by atoms with van der Waals surface area (Å²) >= 11 is 1.26. The SMILES string of the molecule is CCN(C(=O)CSc1ncc2ccccn12)c1c(N)n(Cc2ccccc2)c(=O)[nH]c1=O. The lowest BCUT2D eigenvalue weighted by Gasteiger charge is -2.23. The van der Waals surface area contributed by atoms with Gasteiger partial charge in [-0.2, -0.15) is 0 Å². The smallest absolute Gasteiger partial charge is 0.330 e. The fraction of sp³-hybridized carbons (Fsp3) is 0.182. The molecule has 4 aromatic rings. The highest BCUT2D eigenvalue weighted by Crippen LogP contribution is 2.22. The lowest BCUT2D eigenvalue weighted by atomic mass is 10.2. The van der Waals surface area contributed by atoms with Gasteiger partial charge in [0.05, 0.1) is 24.0 Å². The van der Waals surface area contributed by atoms with Gasteiger partial charge in [-0.3, -0.25) is 23.5 Å². The topological polar surface area (TPSA) is 118 Å². The number of H-pyrrole nitrogens is 1. The Morgan fingerprint density at radius 3 is 2.66 bits per heavy atom. The van der Waals surface area contributed by atoms with Gasteiger partial charge in [0, 0.05) is 12.7 Å². The second-order valence-corrected chi connectivity index (χ2v) is 7.97. The van der Waals surface area contributed by atoms with E-state index in [4.69, 9.17) is 5.73 Å². The van der Waals surface area contributed by atoms with E-state index < -0.39 is 11.2 Å². The van der Waals surface area contributed by atoms with E-state index in [0.29, 0.717) is 5.16 Å². The van der Waals surface area contributed by atoms with Crippen LogP contribution < -0.4 is 21.9 Å². The van der Waals surface area contributed by atoms with Crippen molar-refractivity contribution in [2.75, 3.05) is 22.9 Å². The molecule has 0 aliphatic rings. The lowest BCUT2D eigenvalue weighted by Crippen LogP contribution is -2.41. The Kier molecular flexibility index (Phi) is 6.13. The number of carbonyl (C=O) groups excluding carboxylic acids is 1. The number of anilines is 2. The number of carbonyl (C=O) groups is 1. The van der Waals surface area contributed by atoms with Gasteiger partial charge < -0.3 is 10.6 Å². The maximum Gasteiger partial charge on any atom is 0.330 e. The molecule has 1 amide bonds. The van der Waals surface area contributed by atoms with E-state index in [1.807, 2.05) is 59.1 Å². The van der Waals surface area contributed by atoms with Crippen molar-refractivity contribution in [3.8, 4) is 0 Å². The van der Waals surface area contributed by atoms with Gasteiger partial charge >= 0.3 is 5.69 Å². The van der Waals surface area contributed by atoms with Crippen LogP contribution in [-0.4, -0.2) is 37.1 Å². The number of nitrogens with two attached hydrogens (primary N) is 1. The standard InChI is InChI=1S/C22H22N6O3S/c1-2-26(17(29)14-32-22-24-12-16-10-6-7-11-27(16)22)18-19(23)28(21(31)25-20(18)30)13-15-8-4-3-5-9-15/h3-12H,2,13-14,23H2,1H3,(H,25,30,31). The van der Waals surface area contributed by atoms with Crippen molar-refractivity contribution in [2.24, 2.45) is 0 Å². The van der Waals surface area contributed by atoms with E-state index in [-0.39, 0.29) is 36.3 Å². The second-order valence-electron chi connectivity index (χ2n) is 7.03. The highest BCUT2D eigenvalue weighted by Gasteiger charge is 2.23. The van der Waals surface area contributed by atoms with Gasteiger partial charge in [0.15, 0.2) is 10.8 Å². The summed E-state index contributed by atoms with van der Waals surface area (Å²) in [6.07, 6.45) is 3.60. The first-order valence-corrected chi connectivity index (χ1v) is 11.0. The number of hydrogen-bond donors (Lipinski definition) is 2. The number of nitrogens with one attached hydrogen (secondary N) is 1. The van der Waals surface area contributed by atoms with Crippen molar-refractivity contribution in [3.05, 3.63) is 87.3 Å². The van der Waals surface area contributed by atoms with Crippen LogP contribution in [0, 0.1) is 0 Å². The van der Waals surface area contributed by atoms with E-state index in [1.165, 1.54) is 21.2 Å². The molecule has 0 aliphatic carbocycles. The largest absolute Gasteiger partial charge is 0.383 e. The van der Waals surface area contributed by atoms with Gasteiger partial charge in [0.1, 0.15) is 5.82 Å². The minimum absolute atomic E-state index is 0.0263. The van der Waals surface area contributed by atoms with Crippen LogP contribution in [0.15, 0.2) is 75.7 Å². The Morgan fingerprint density at radius 1 is 1.16 bits per heavy atom. The van der Waals surface area contributed by atoms with Crippen LogP contribution in [0.1, 0.15) is 12.5 Å². The van der Waals surface area contributed by atoms with Crippen LogP contribution in [0.25, 0.3) is 5.52 Å². The third-order valence-corrected chi connectivity index (χ3v) is 5.97. The molecule has 3 N–H and O–H groups in total. The van der Waals surface area contributed by atoms with Gasteiger partial charge in [-0.15, -0.1) is 0 Å². The molecule has 4 rings (SSSR count). The van der Waals surface area contributed by atoms with Gasteiger partial charge in [0.25, 0.3) is 5.56 Å². The number of aromatic nitrogens is 4. The molecule has 0 bridgehead atoms. The van der Waals surface area contributed by atoms with Crippen LogP contribution in [0.5, 0.6) is 0 Å². The summed E-state index contributed by atoms with van der Waals surface area (Å²) in [6, 6.07) is 15.0. The van der Waals surface area contributed by atoms with E-state index >= 15 is 0 Å². The number of hydrogen-bond acceptors (Lipinski definition) is 6. The number of benzene rings is 1. The van der Waals surface area contributed by atoms with Gasteiger partial charge in [-0.25, -0.2) is 9.78 Å². The molecule has 3 heterocycles. The number of pyridine rings is 1. The van der Waals surface area contributed by atoms with Crippen LogP contribution in [0.4, 0.5) is 11.5 Å². The molecule has 9 nitrogen and oxygen atoms in total. The van der Waals surface area contributed by atoms with Crippen LogP contribution in [-0.2, 0) is 11.3 Å². The molecule has 3 aromatic heterocycles. The molecule has 0 atom stereocenters. The summed E-state index contributed by atoms with van der Waals surface area (Å²) in [7, 11) is 0. The number of nitrogen functional groups attached to an aromatic ring is 1. The van der Waals surface area contributed by atoms with Gasteiger partial charge in [-0.1, -0.05) is 48.2 Å². The van der Waals surface area contributed by atoms with E-state index in [2.05, 4.69) is 9.97 Å². The maximum absolute atomic E-state index is 13.0. The number of aromatic amines is 1. The van der Waals surface area contributed by atoms with Crippen molar-refractivity contribution in [1.82, 2.24) is 18.9 Å². The summed E-state index contributed by atoms with van der Waals surface area (Å²) in [5.41, 5.74) is 6.66. The molecule has 1 aromatic carbocycles. The van der Waals surface area contributed by atoms with Crippen molar-refractivity contribution in [1.29, 1.82) is 0 Å². The molecule has 10 heteroatoms. The van der Waals surface area contributed by atoms with E-state index in [9.17, 15) is 14.4 Å². The fourth-order valence-electron chi connectivity index (χ4n) is 3.45. The number of fused-ring (bicyclic) bond motifs is 1. The first-order valence-electron chi connectivity index (χ1n) is 10.0. The predicted octanol–water partition coefficient (Wildman–Crippen LogP) is 1.96. The molecule has 0 unspecified atom stereocenters. The number of rotatable bonds is 7. The normalized spacial score (nSPS) is 11.0.